The van der Waals surface area contributed by atoms with Crippen LogP contribution in [0.2, 0.25) is 0 Å². The van der Waals surface area contributed by atoms with E-state index in [-0.39, 0.29) is 6.09 Å². The number of unbranched alkanes of at least 4 members (excludes halogenated alkanes) is 7. The Kier molecular flexibility index (Phi) is 28.3. The largest absolute Gasteiger partial charge is 0.444 e. The van der Waals surface area contributed by atoms with Gasteiger partial charge in [-0.25, -0.2) is 4.79 Å². The van der Waals surface area contributed by atoms with Gasteiger partial charge in [0.1, 0.15) is 5.60 Å². The summed E-state index contributed by atoms with van der Waals surface area (Å²) in [5.41, 5.74) is 0.805. The van der Waals surface area contributed by atoms with Gasteiger partial charge in [0.05, 0.1) is 106 Å². The SMILES string of the molecule is CC(C)(C)OC(=O)N1CCOCCOCCN(CCCCCCCCCCN2CCOCCOCCN(Cc3c4ccccc4cc4ccccc34)CCOCCOCC2)CCOCCOCC1. The smallest absolute Gasteiger partial charge is 0.410 e. The summed E-state index contributed by atoms with van der Waals surface area (Å²) in [5, 5.41) is 5.17. The quantitative estimate of drug-likeness (QED) is 0.122. The molecule has 0 unspecified atom stereocenters. The molecular weight excluding hydrogens is 865 g/mol. The minimum atomic E-state index is -0.556. The Morgan fingerprint density at radius 2 is 0.765 bits per heavy atom. The Morgan fingerprint density at radius 1 is 0.441 bits per heavy atom. The predicted octanol–water partition coefficient (Wildman–Crippen LogP) is 7.92. The molecule has 0 atom stereocenters. The van der Waals surface area contributed by atoms with Gasteiger partial charge in [-0.3, -0.25) is 14.7 Å². The molecule has 14 nitrogen and oxygen atoms in total. The lowest BCUT2D eigenvalue weighted by Gasteiger charge is -2.27. The second-order valence-corrected chi connectivity index (χ2v) is 19.0. The Morgan fingerprint density at radius 3 is 1.13 bits per heavy atom. The monoisotopic (exact) mass is 953 g/mol. The maximum absolute atomic E-state index is 12.7. The Hall–Kier alpha value is -2.99. The van der Waals surface area contributed by atoms with Crippen LogP contribution in [-0.4, -0.2) is 202 Å². The van der Waals surface area contributed by atoms with Crippen LogP contribution >= 0.6 is 0 Å². The molecule has 2 aliphatic rings. The summed E-state index contributed by atoms with van der Waals surface area (Å²) in [6.45, 7) is 24.0. The van der Waals surface area contributed by atoms with Gasteiger partial charge in [0, 0.05) is 58.9 Å². The zero-order valence-corrected chi connectivity index (χ0v) is 42.3. The first-order chi connectivity index (χ1) is 33.4. The lowest BCUT2D eigenvalue weighted by atomic mass is 9.96. The van der Waals surface area contributed by atoms with Crippen LogP contribution in [0.5, 0.6) is 0 Å². The van der Waals surface area contributed by atoms with Crippen molar-refractivity contribution >= 4 is 27.6 Å². The van der Waals surface area contributed by atoms with E-state index >= 15 is 0 Å². The highest BCUT2D eigenvalue weighted by atomic mass is 16.6. The number of hydrogen-bond donors (Lipinski definition) is 0. The van der Waals surface area contributed by atoms with Gasteiger partial charge in [-0.1, -0.05) is 87.1 Å². The molecule has 2 fully saturated rings. The van der Waals surface area contributed by atoms with Crippen molar-refractivity contribution in [2.75, 3.05) is 171 Å². The molecule has 14 heteroatoms. The molecule has 5 rings (SSSR count). The Labute approximate surface area is 409 Å². The number of ether oxygens (including phenoxy) is 9. The molecule has 0 saturated carbocycles. The van der Waals surface area contributed by atoms with Crippen LogP contribution in [-0.2, 0) is 49.2 Å². The topological polar surface area (TPSA) is 113 Å². The normalized spacial score (nSPS) is 19.8. The molecule has 384 valence electrons. The van der Waals surface area contributed by atoms with Crippen LogP contribution in [0.25, 0.3) is 21.5 Å². The number of hydrogen-bond acceptors (Lipinski definition) is 13. The van der Waals surface area contributed by atoms with Crippen molar-refractivity contribution in [3.05, 3.63) is 60.2 Å². The minimum absolute atomic E-state index is 0.354. The second-order valence-electron chi connectivity index (χ2n) is 19.0. The van der Waals surface area contributed by atoms with E-state index in [1.165, 1.54) is 78.5 Å². The molecule has 2 aliphatic heterocycles. The number of fused-ring (bicyclic) bond motifs is 2. The molecule has 2 saturated heterocycles. The van der Waals surface area contributed by atoms with E-state index in [1.54, 1.807) is 4.90 Å². The van der Waals surface area contributed by atoms with Crippen molar-refractivity contribution in [3.8, 4) is 0 Å². The molecule has 68 heavy (non-hydrogen) atoms. The van der Waals surface area contributed by atoms with Crippen LogP contribution in [0.15, 0.2) is 54.6 Å². The van der Waals surface area contributed by atoms with Crippen LogP contribution in [0.1, 0.15) is 77.7 Å². The Balaban J connectivity index is 0.902. The molecule has 0 N–H and O–H groups in total. The third kappa shape index (κ3) is 23.7. The molecular formula is C54H88N4O10. The highest BCUT2D eigenvalue weighted by Crippen LogP contribution is 2.29. The number of carbonyl (C=O) groups is 1. The number of amides is 1. The van der Waals surface area contributed by atoms with Gasteiger partial charge in [0.2, 0.25) is 0 Å². The zero-order chi connectivity index (χ0) is 47.8. The molecule has 0 spiro atoms. The van der Waals surface area contributed by atoms with Gasteiger partial charge < -0.3 is 47.5 Å². The molecule has 0 bridgehead atoms. The third-order valence-corrected chi connectivity index (χ3v) is 12.4. The van der Waals surface area contributed by atoms with E-state index in [4.69, 9.17) is 42.6 Å². The first-order valence-corrected chi connectivity index (χ1v) is 26.0. The zero-order valence-electron chi connectivity index (χ0n) is 42.3. The van der Waals surface area contributed by atoms with Gasteiger partial charge >= 0.3 is 6.09 Å². The maximum atomic E-state index is 12.7. The second kappa shape index (κ2) is 34.4. The molecule has 0 aromatic heterocycles. The lowest BCUT2D eigenvalue weighted by Crippen LogP contribution is -2.40. The van der Waals surface area contributed by atoms with Gasteiger partial charge in [0.25, 0.3) is 0 Å². The average Bonchev–Trinajstić information content (AvgIpc) is 3.32. The van der Waals surface area contributed by atoms with E-state index < -0.39 is 5.60 Å². The number of benzene rings is 3. The summed E-state index contributed by atoms with van der Waals surface area (Å²) in [7, 11) is 0. The van der Waals surface area contributed by atoms with Crippen LogP contribution in [0.3, 0.4) is 0 Å². The molecule has 1 amide bonds. The van der Waals surface area contributed by atoms with Gasteiger partial charge in [0.15, 0.2) is 0 Å². The molecule has 3 aromatic rings. The van der Waals surface area contributed by atoms with E-state index in [0.29, 0.717) is 119 Å². The van der Waals surface area contributed by atoms with Crippen molar-refractivity contribution in [1.82, 2.24) is 19.6 Å². The van der Waals surface area contributed by atoms with E-state index in [0.717, 1.165) is 58.9 Å². The number of nitrogens with zero attached hydrogens (tertiary/aromatic N) is 4. The third-order valence-electron chi connectivity index (χ3n) is 12.4. The van der Waals surface area contributed by atoms with Crippen LogP contribution in [0.4, 0.5) is 4.79 Å². The van der Waals surface area contributed by atoms with Gasteiger partial charge in [-0.2, -0.15) is 0 Å². The summed E-state index contributed by atoms with van der Waals surface area (Å²) < 4.78 is 53.2. The van der Waals surface area contributed by atoms with Crippen molar-refractivity contribution in [3.63, 3.8) is 0 Å². The summed E-state index contributed by atoms with van der Waals surface area (Å²) in [4.78, 5) is 21.7. The van der Waals surface area contributed by atoms with Crippen LogP contribution in [0, 0.1) is 0 Å². The van der Waals surface area contributed by atoms with Crippen LogP contribution < -0.4 is 0 Å². The first-order valence-electron chi connectivity index (χ1n) is 26.0. The lowest BCUT2D eigenvalue weighted by molar-refractivity contribution is -0.00639. The van der Waals surface area contributed by atoms with E-state index in [9.17, 15) is 4.79 Å². The minimum Gasteiger partial charge on any atom is -0.444 e. The fraction of sp³-hybridized carbons (Fsp3) is 0.722. The molecule has 0 radical (unpaired) electrons. The first kappa shape index (κ1) is 55.9. The predicted molar refractivity (Wildman–Crippen MR) is 271 cm³/mol. The average molecular weight is 953 g/mol. The summed E-state index contributed by atoms with van der Waals surface area (Å²) in [6.07, 6.45) is 9.65. The highest BCUT2D eigenvalue weighted by molar-refractivity contribution is 6.02. The number of carbonyl (C=O) groups excluding carboxylic acids is 1. The van der Waals surface area contributed by atoms with Crippen molar-refractivity contribution in [1.29, 1.82) is 0 Å². The van der Waals surface area contributed by atoms with Crippen molar-refractivity contribution < 1.29 is 47.4 Å². The number of rotatable bonds is 13. The summed E-state index contributed by atoms with van der Waals surface area (Å²) in [6, 6.07) is 19.7. The van der Waals surface area contributed by atoms with E-state index in [1.807, 2.05) is 20.8 Å². The van der Waals surface area contributed by atoms with Crippen molar-refractivity contribution in [2.24, 2.45) is 0 Å². The fourth-order valence-corrected chi connectivity index (χ4v) is 8.59. The van der Waals surface area contributed by atoms with Gasteiger partial charge in [-0.05, 0) is 79.9 Å². The molecule has 0 aliphatic carbocycles. The summed E-state index contributed by atoms with van der Waals surface area (Å²) in [5.74, 6) is 0. The highest BCUT2D eigenvalue weighted by Gasteiger charge is 2.22. The summed E-state index contributed by atoms with van der Waals surface area (Å²) >= 11 is 0. The Bertz CT molecular complexity index is 1670. The fourth-order valence-electron chi connectivity index (χ4n) is 8.59. The molecule has 3 aromatic carbocycles. The standard InChI is InChI=1S/C54H88N4O10/c1-54(2,3)68-53(59)58-28-36-66-44-42-62-32-24-56(25-33-63-43-45-67-37-29-58)21-15-9-7-5-4-6-8-14-20-55-22-30-60-38-40-64-34-26-57(27-35-65-41-39-61-31-23-55)47-52-50-18-12-10-16-48(50)46-49-17-11-13-19-51(49)52/h10-13,16-19,46H,4-9,14-15,20-45,47H2,1-3H3. The maximum Gasteiger partial charge on any atom is 0.410 e. The molecule has 2 heterocycles. The van der Waals surface area contributed by atoms with Gasteiger partial charge in [-0.15, -0.1) is 0 Å². The van der Waals surface area contributed by atoms with Crippen molar-refractivity contribution in [2.45, 2.75) is 84.3 Å². The van der Waals surface area contributed by atoms with E-state index in [2.05, 4.69) is 69.3 Å².